The third-order valence-electron chi connectivity index (χ3n) is 2.53. The van der Waals surface area contributed by atoms with Gasteiger partial charge in [0.05, 0.1) is 5.25 Å². The van der Waals surface area contributed by atoms with Crippen molar-refractivity contribution in [3.05, 3.63) is 11.7 Å². The van der Waals surface area contributed by atoms with Crippen molar-refractivity contribution in [2.75, 3.05) is 11.5 Å². The molecule has 96 valence electrons. The maximum Gasteiger partial charge on any atom is 0.228 e. The Balaban J connectivity index is 2.07. The van der Waals surface area contributed by atoms with Gasteiger partial charge in [-0.15, -0.1) is 11.8 Å². The first-order valence-electron chi connectivity index (χ1n) is 5.80. The Morgan fingerprint density at radius 3 is 2.76 bits per heavy atom. The molecule has 0 saturated carbocycles. The summed E-state index contributed by atoms with van der Waals surface area (Å²) >= 11 is 3.89. The predicted octanol–water partition coefficient (Wildman–Crippen LogP) is 2.26. The van der Waals surface area contributed by atoms with E-state index in [2.05, 4.69) is 17.1 Å². The number of hydrogen-bond acceptors (Lipinski definition) is 6. The summed E-state index contributed by atoms with van der Waals surface area (Å²) in [5, 5.41) is 5.00. The van der Waals surface area contributed by atoms with Gasteiger partial charge in [0.25, 0.3) is 0 Å². The molecule has 2 heterocycles. The van der Waals surface area contributed by atoms with Gasteiger partial charge in [0.2, 0.25) is 5.89 Å². The van der Waals surface area contributed by atoms with Crippen LogP contribution in [0, 0.1) is 0 Å². The second kappa shape index (κ2) is 5.20. The Labute approximate surface area is 110 Å². The molecule has 2 atom stereocenters. The topological polar surface area (TPSA) is 64.9 Å². The second-order valence-electron chi connectivity index (χ2n) is 5.08. The van der Waals surface area contributed by atoms with Gasteiger partial charge in [0.15, 0.2) is 5.82 Å². The van der Waals surface area contributed by atoms with E-state index in [9.17, 15) is 0 Å². The van der Waals surface area contributed by atoms with Crippen LogP contribution < -0.4 is 5.73 Å². The van der Waals surface area contributed by atoms with E-state index in [1.807, 2.05) is 37.4 Å². The van der Waals surface area contributed by atoms with Crippen molar-refractivity contribution in [3.8, 4) is 0 Å². The van der Waals surface area contributed by atoms with E-state index >= 15 is 0 Å². The van der Waals surface area contributed by atoms with Crippen LogP contribution in [0.2, 0.25) is 0 Å². The summed E-state index contributed by atoms with van der Waals surface area (Å²) in [6, 6.07) is 0. The zero-order valence-corrected chi connectivity index (χ0v) is 12.1. The summed E-state index contributed by atoms with van der Waals surface area (Å²) in [6.45, 7) is 6.15. The summed E-state index contributed by atoms with van der Waals surface area (Å²) in [5.41, 5.74) is 5.64. The zero-order valence-electron chi connectivity index (χ0n) is 10.5. The summed E-state index contributed by atoms with van der Waals surface area (Å²) < 4.78 is 5.28. The third kappa shape index (κ3) is 3.63. The Hall–Kier alpha value is -0.200. The molecule has 4 nitrogen and oxygen atoms in total. The van der Waals surface area contributed by atoms with E-state index < -0.39 is 0 Å². The molecule has 0 radical (unpaired) electrons. The van der Waals surface area contributed by atoms with Crippen molar-refractivity contribution in [2.24, 2.45) is 5.73 Å². The minimum atomic E-state index is -0.302. The van der Waals surface area contributed by atoms with E-state index in [-0.39, 0.29) is 5.54 Å². The summed E-state index contributed by atoms with van der Waals surface area (Å²) in [5.74, 6) is 3.85. The lowest BCUT2D eigenvalue weighted by Crippen LogP contribution is -2.34. The fourth-order valence-electron chi connectivity index (χ4n) is 1.76. The van der Waals surface area contributed by atoms with Crippen LogP contribution >= 0.6 is 23.5 Å². The van der Waals surface area contributed by atoms with Gasteiger partial charge >= 0.3 is 0 Å². The van der Waals surface area contributed by atoms with Gasteiger partial charge in [-0.2, -0.15) is 16.7 Å². The SMILES string of the molecule is CC1SCCSC1c1noc(CC(C)(C)N)n1. The summed E-state index contributed by atoms with van der Waals surface area (Å²) in [7, 11) is 0. The van der Waals surface area contributed by atoms with Gasteiger partial charge in [0, 0.05) is 28.7 Å². The molecule has 0 amide bonds. The maximum absolute atomic E-state index is 5.95. The Kier molecular flexibility index (Phi) is 4.05. The second-order valence-corrected chi connectivity index (χ2v) is 7.81. The summed E-state index contributed by atoms with van der Waals surface area (Å²) in [6.07, 6.45) is 0.624. The van der Waals surface area contributed by atoms with E-state index in [0.29, 0.717) is 22.8 Å². The van der Waals surface area contributed by atoms with Crippen LogP contribution in [0.1, 0.15) is 37.7 Å². The zero-order chi connectivity index (χ0) is 12.5. The van der Waals surface area contributed by atoms with E-state index in [0.717, 1.165) is 11.6 Å². The average Bonchev–Trinajstić information content (AvgIpc) is 2.64. The molecule has 0 spiro atoms. The van der Waals surface area contributed by atoms with Gasteiger partial charge in [-0.3, -0.25) is 0 Å². The number of hydrogen-bond donors (Lipinski definition) is 1. The molecule has 1 aliphatic rings. The molecule has 2 rings (SSSR count). The maximum atomic E-state index is 5.95. The van der Waals surface area contributed by atoms with Crippen LogP contribution in [0.15, 0.2) is 4.52 Å². The lowest BCUT2D eigenvalue weighted by molar-refractivity contribution is 0.344. The molecule has 0 aromatic carbocycles. The molecule has 1 aliphatic heterocycles. The largest absolute Gasteiger partial charge is 0.339 e. The minimum absolute atomic E-state index is 0.302. The first-order valence-corrected chi connectivity index (χ1v) is 7.90. The van der Waals surface area contributed by atoms with Crippen molar-refractivity contribution < 1.29 is 4.52 Å². The predicted molar refractivity (Wildman–Crippen MR) is 73.4 cm³/mol. The van der Waals surface area contributed by atoms with Crippen LogP contribution in [-0.2, 0) is 6.42 Å². The molecule has 2 N–H and O–H groups in total. The molecule has 0 bridgehead atoms. The van der Waals surface area contributed by atoms with Crippen LogP contribution in [0.5, 0.6) is 0 Å². The smallest absolute Gasteiger partial charge is 0.228 e. The quantitative estimate of drug-likeness (QED) is 0.911. The van der Waals surface area contributed by atoms with Crippen LogP contribution in [0.4, 0.5) is 0 Å². The third-order valence-corrected chi connectivity index (χ3v) is 5.62. The molecule has 0 aliphatic carbocycles. The molecule has 1 aromatic rings. The first-order chi connectivity index (χ1) is 7.96. The van der Waals surface area contributed by atoms with Crippen molar-refractivity contribution >= 4 is 23.5 Å². The number of rotatable bonds is 3. The van der Waals surface area contributed by atoms with Crippen LogP contribution in [0.25, 0.3) is 0 Å². The Morgan fingerprint density at radius 2 is 2.12 bits per heavy atom. The molecule has 1 saturated heterocycles. The molecule has 1 fully saturated rings. The number of nitrogens with zero attached hydrogens (tertiary/aromatic N) is 2. The van der Waals surface area contributed by atoms with Crippen molar-refractivity contribution in [3.63, 3.8) is 0 Å². The fourth-order valence-corrected chi connectivity index (χ4v) is 4.44. The first kappa shape index (κ1) is 13.2. The Bertz CT molecular complexity index is 375. The number of nitrogens with two attached hydrogens (primary N) is 1. The monoisotopic (exact) mass is 273 g/mol. The highest BCUT2D eigenvalue weighted by Crippen LogP contribution is 2.41. The van der Waals surface area contributed by atoms with Crippen LogP contribution in [-0.4, -0.2) is 32.4 Å². The van der Waals surface area contributed by atoms with Gasteiger partial charge in [-0.25, -0.2) is 0 Å². The molecular weight excluding hydrogens is 254 g/mol. The van der Waals surface area contributed by atoms with E-state index in [1.54, 1.807) is 0 Å². The highest BCUT2D eigenvalue weighted by atomic mass is 32.2. The van der Waals surface area contributed by atoms with E-state index in [1.165, 1.54) is 5.75 Å². The van der Waals surface area contributed by atoms with Gasteiger partial charge in [-0.05, 0) is 13.8 Å². The number of aromatic nitrogens is 2. The average molecular weight is 273 g/mol. The van der Waals surface area contributed by atoms with Crippen molar-refractivity contribution in [1.82, 2.24) is 10.1 Å². The highest BCUT2D eigenvalue weighted by molar-refractivity contribution is 8.06. The molecule has 1 aromatic heterocycles. The minimum Gasteiger partial charge on any atom is -0.339 e. The fraction of sp³-hybridized carbons (Fsp3) is 0.818. The summed E-state index contributed by atoms with van der Waals surface area (Å²) in [4.78, 5) is 4.48. The van der Waals surface area contributed by atoms with Gasteiger partial charge < -0.3 is 10.3 Å². The Morgan fingerprint density at radius 1 is 1.41 bits per heavy atom. The molecule has 17 heavy (non-hydrogen) atoms. The molecule has 2 unspecified atom stereocenters. The van der Waals surface area contributed by atoms with E-state index in [4.69, 9.17) is 10.3 Å². The van der Waals surface area contributed by atoms with Gasteiger partial charge in [0.1, 0.15) is 0 Å². The highest BCUT2D eigenvalue weighted by Gasteiger charge is 2.29. The van der Waals surface area contributed by atoms with Crippen molar-refractivity contribution in [2.45, 2.75) is 43.2 Å². The van der Waals surface area contributed by atoms with Crippen LogP contribution in [0.3, 0.4) is 0 Å². The van der Waals surface area contributed by atoms with Gasteiger partial charge in [-0.1, -0.05) is 12.1 Å². The van der Waals surface area contributed by atoms with Crippen molar-refractivity contribution in [1.29, 1.82) is 0 Å². The lowest BCUT2D eigenvalue weighted by atomic mass is 10.0. The molecule has 6 heteroatoms. The standard InChI is InChI=1S/C11H19N3OS2/c1-7-9(17-5-4-16-7)10-13-8(15-14-10)6-11(2,3)12/h7,9H,4-6,12H2,1-3H3. The molecular formula is C11H19N3OS2. The normalized spacial score (nSPS) is 26.1. The number of thioether (sulfide) groups is 2. The lowest BCUT2D eigenvalue weighted by Gasteiger charge is -2.24.